The Morgan fingerprint density at radius 3 is 2.17 bits per heavy atom. The Kier molecular flexibility index (Phi) is 8.66. The normalized spacial score (nSPS) is 17.0. The second-order valence-electron chi connectivity index (χ2n) is 3.64. The van der Waals surface area contributed by atoms with Crippen LogP contribution in [0.5, 0.6) is 0 Å². The SMILES string of the molecule is O=C(O)C1CCCN1.O=C([O-])c1ccccc1.[Na+]. The third-order valence-corrected chi connectivity index (χ3v) is 2.37. The number of nitrogens with one attached hydrogen (secondary N) is 1. The average molecular weight is 259 g/mol. The van der Waals surface area contributed by atoms with Crippen molar-refractivity contribution in [3.8, 4) is 0 Å². The summed E-state index contributed by atoms with van der Waals surface area (Å²) in [5, 5.41) is 21.3. The van der Waals surface area contributed by atoms with Gasteiger partial charge in [-0.25, -0.2) is 0 Å². The van der Waals surface area contributed by atoms with Crippen molar-refractivity contribution in [1.29, 1.82) is 0 Å². The van der Waals surface area contributed by atoms with Crippen molar-refractivity contribution in [3.63, 3.8) is 0 Å². The van der Waals surface area contributed by atoms with Crippen LogP contribution in [0.3, 0.4) is 0 Å². The van der Waals surface area contributed by atoms with E-state index in [0.29, 0.717) is 0 Å². The van der Waals surface area contributed by atoms with Crippen LogP contribution < -0.4 is 40.0 Å². The molecule has 0 spiro atoms. The van der Waals surface area contributed by atoms with Crippen molar-refractivity contribution in [2.24, 2.45) is 0 Å². The Labute approximate surface area is 127 Å². The molecule has 1 saturated heterocycles. The van der Waals surface area contributed by atoms with Crippen molar-refractivity contribution in [1.82, 2.24) is 5.32 Å². The molecule has 1 heterocycles. The van der Waals surface area contributed by atoms with E-state index in [1.165, 1.54) is 12.1 Å². The molecule has 1 aliphatic rings. The topological polar surface area (TPSA) is 89.5 Å². The minimum Gasteiger partial charge on any atom is -0.545 e. The summed E-state index contributed by atoms with van der Waals surface area (Å²) in [7, 11) is 0. The van der Waals surface area contributed by atoms with Crippen molar-refractivity contribution < 1.29 is 49.4 Å². The Morgan fingerprint density at radius 1 is 1.28 bits per heavy atom. The molecule has 1 atom stereocenters. The third kappa shape index (κ3) is 6.16. The van der Waals surface area contributed by atoms with Crippen LogP contribution in [-0.2, 0) is 4.79 Å². The van der Waals surface area contributed by atoms with E-state index in [1.807, 2.05) is 0 Å². The van der Waals surface area contributed by atoms with Gasteiger partial charge in [-0.2, -0.15) is 0 Å². The van der Waals surface area contributed by atoms with Crippen LogP contribution in [0, 0.1) is 0 Å². The first-order valence-corrected chi connectivity index (χ1v) is 5.34. The molecule has 0 amide bonds. The fourth-order valence-corrected chi connectivity index (χ4v) is 1.47. The van der Waals surface area contributed by atoms with Gasteiger partial charge in [-0.3, -0.25) is 4.79 Å². The van der Waals surface area contributed by atoms with Gasteiger partial charge < -0.3 is 20.3 Å². The number of carbonyl (C=O) groups excluding carboxylic acids is 1. The van der Waals surface area contributed by atoms with Gasteiger partial charge in [0.15, 0.2) is 0 Å². The summed E-state index contributed by atoms with van der Waals surface area (Å²) in [6.45, 7) is 0.858. The number of hydrogen-bond acceptors (Lipinski definition) is 4. The quantitative estimate of drug-likeness (QED) is 0.548. The first-order chi connectivity index (χ1) is 8.11. The molecule has 1 unspecified atom stereocenters. The summed E-state index contributed by atoms with van der Waals surface area (Å²) in [6, 6.07) is 7.79. The van der Waals surface area contributed by atoms with Gasteiger partial charge in [0, 0.05) is 0 Å². The van der Waals surface area contributed by atoms with Crippen LogP contribution >= 0.6 is 0 Å². The molecule has 0 aromatic heterocycles. The first kappa shape index (κ1) is 17.1. The monoisotopic (exact) mass is 259 g/mol. The van der Waals surface area contributed by atoms with Gasteiger partial charge in [0.05, 0.1) is 5.97 Å². The third-order valence-electron chi connectivity index (χ3n) is 2.37. The van der Waals surface area contributed by atoms with E-state index >= 15 is 0 Å². The molecule has 6 heteroatoms. The Balaban J connectivity index is 0.000000306. The molecule has 0 bridgehead atoms. The number of carbonyl (C=O) groups is 2. The zero-order valence-electron chi connectivity index (χ0n) is 10.3. The summed E-state index contributed by atoms with van der Waals surface area (Å²) in [6.07, 6.45) is 1.78. The van der Waals surface area contributed by atoms with Crippen LogP contribution in [0.2, 0.25) is 0 Å². The number of benzene rings is 1. The predicted octanol–water partition coefficient (Wildman–Crippen LogP) is -3.12. The summed E-state index contributed by atoms with van der Waals surface area (Å²) in [5.41, 5.74) is 0.220. The molecule has 1 aliphatic heterocycles. The summed E-state index contributed by atoms with van der Waals surface area (Å²) in [4.78, 5) is 20.2. The van der Waals surface area contributed by atoms with Gasteiger partial charge in [-0.15, -0.1) is 0 Å². The number of hydrogen-bond donors (Lipinski definition) is 2. The van der Waals surface area contributed by atoms with Gasteiger partial charge in [0.2, 0.25) is 0 Å². The summed E-state index contributed by atoms with van der Waals surface area (Å²) >= 11 is 0. The second-order valence-corrected chi connectivity index (χ2v) is 3.64. The standard InChI is InChI=1S/C7H6O2.C5H9NO2.Na/c8-7(9)6-4-2-1-3-5-6;7-5(8)4-2-1-3-6-4;/h1-5H,(H,8,9);4,6H,1-3H2,(H,7,8);/q;;+1/p-1. The molecule has 5 nitrogen and oxygen atoms in total. The molecule has 1 aromatic carbocycles. The smallest absolute Gasteiger partial charge is 0.545 e. The minimum absolute atomic E-state index is 0. The Bertz CT molecular complexity index is 377. The maximum atomic E-state index is 10.1. The van der Waals surface area contributed by atoms with Crippen molar-refractivity contribution in [2.75, 3.05) is 6.54 Å². The van der Waals surface area contributed by atoms with Crippen LogP contribution in [-0.4, -0.2) is 29.6 Å². The number of rotatable bonds is 2. The van der Waals surface area contributed by atoms with Crippen LogP contribution in [0.4, 0.5) is 0 Å². The van der Waals surface area contributed by atoms with E-state index in [2.05, 4.69) is 5.32 Å². The molecular weight excluding hydrogens is 245 g/mol. The molecule has 0 aliphatic carbocycles. The maximum Gasteiger partial charge on any atom is 1.00 e. The zero-order chi connectivity index (χ0) is 12.7. The molecule has 2 rings (SSSR count). The average Bonchev–Trinajstić information content (AvgIpc) is 2.84. The molecule has 18 heavy (non-hydrogen) atoms. The van der Waals surface area contributed by atoms with Gasteiger partial charge in [-0.05, 0) is 24.9 Å². The maximum absolute atomic E-state index is 10.1. The van der Waals surface area contributed by atoms with Crippen LogP contribution in [0.25, 0.3) is 0 Å². The molecule has 92 valence electrons. The molecule has 2 N–H and O–H groups in total. The van der Waals surface area contributed by atoms with Crippen LogP contribution in [0.1, 0.15) is 23.2 Å². The fourth-order valence-electron chi connectivity index (χ4n) is 1.47. The van der Waals surface area contributed by atoms with Gasteiger partial charge in [0.1, 0.15) is 6.04 Å². The van der Waals surface area contributed by atoms with E-state index in [-0.39, 0.29) is 41.2 Å². The summed E-state index contributed by atoms with van der Waals surface area (Å²) < 4.78 is 0. The van der Waals surface area contributed by atoms with E-state index in [4.69, 9.17) is 5.11 Å². The fraction of sp³-hybridized carbons (Fsp3) is 0.333. The largest absolute Gasteiger partial charge is 1.00 e. The summed E-state index contributed by atoms with van der Waals surface area (Å²) in [5.74, 6) is -1.85. The Hall–Kier alpha value is -0.880. The van der Waals surface area contributed by atoms with Gasteiger partial charge >= 0.3 is 35.5 Å². The van der Waals surface area contributed by atoms with Crippen molar-refractivity contribution in [3.05, 3.63) is 35.9 Å². The van der Waals surface area contributed by atoms with Gasteiger partial charge in [-0.1, -0.05) is 30.3 Å². The Morgan fingerprint density at radius 2 is 1.89 bits per heavy atom. The first-order valence-electron chi connectivity index (χ1n) is 5.34. The number of aromatic carboxylic acids is 1. The van der Waals surface area contributed by atoms with E-state index in [1.54, 1.807) is 18.2 Å². The van der Waals surface area contributed by atoms with E-state index in [9.17, 15) is 14.7 Å². The van der Waals surface area contributed by atoms with Gasteiger partial charge in [0.25, 0.3) is 0 Å². The number of carboxylic acids is 2. The molecule has 0 radical (unpaired) electrons. The molecular formula is C12H14NNaO4. The molecule has 0 saturated carbocycles. The number of aliphatic carboxylic acids is 1. The van der Waals surface area contributed by atoms with E-state index < -0.39 is 11.9 Å². The zero-order valence-corrected chi connectivity index (χ0v) is 12.3. The van der Waals surface area contributed by atoms with E-state index in [0.717, 1.165) is 19.4 Å². The van der Waals surface area contributed by atoms with Crippen molar-refractivity contribution in [2.45, 2.75) is 18.9 Å². The minimum atomic E-state index is -1.13. The molecule has 1 fully saturated rings. The van der Waals surface area contributed by atoms with Crippen LogP contribution in [0.15, 0.2) is 30.3 Å². The predicted molar refractivity (Wildman–Crippen MR) is 59.4 cm³/mol. The molecule has 1 aromatic rings. The number of carboxylic acid groups (broad SMARTS) is 2. The van der Waals surface area contributed by atoms with Crippen molar-refractivity contribution >= 4 is 11.9 Å². The second kappa shape index (κ2) is 9.10.